The van der Waals surface area contributed by atoms with Crippen LogP contribution in [0.3, 0.4) is 0 Å². The monoisotopic (exact) mass is 429 g/mol. The molecule has 2 aliphatic rings. The highest BCUT2D eigenvalue weighted by Gasteiger charge is 2.38. The Morgan fingerprint density at radius 2 is 1.87 bits per heavy atom. The highest BCUT2D eigenvalue weighted by Crippen LogP contribution is 2.51. The third-order valence-corrected chi connectivity index (χ3v) is 6.83. The van der Waals surface area contributed by atoms with E-state index in [2.05, 4.69) is 5.32 Å². The molecule has 3 aromatic rings. The second kappa shape index (κ2) is 7.10. The molecule has 0 aliphatic carbocycles. The summed E-state index contributed by atoms with van der Waals surface area (Å²) < 4.78 is 32.2. The molecule has 0 amide bonds. The maximum Gasteiger partial charge on any atom is 0.342 e. The molecule has 2 N–H and O–H groups in total. The Bertz CT molecular complexity index is 1240. The van der Waals surface area contributed by atoms with Crippen molar-refractivity contribution in [2.45, 2.75) is 10.4 Å². The average molecular weight is 429 g/mol. The summed E-state index contributed by atoms with van der Waals surface area (Å²) in [6.45, 7) is 2.05. The van der Waals surface area contributed by atoms with Crippen LogP contribution in [0, 0.1) is 11.6 Å². The number of fused-ring (bicyclic) bond motifs is 3. The third-order valence-electron chi connectivity index (χ3n) is 5.50. The molecule has 1 aromatic heterocycles. The Morgan fingerprint density at radius 1 is 1.17 bits per heavy atom. The Morgan fingerprint density at radius 3 is 2.53 bits per heavy atom. The van der Waals surface area contributed by atoms with E-state index in [1.165, 1.54) is 16.3 Å². The number of pyridine rings is 1. The molecule has 2 aromatic carbocycles. The van der Waals surface area contributed by atoms with E-state index >= 15 is 4.39 Å². The number of halogens is 2. The number of benzene rings is 2. The first-order valence-electron chi connectivity index (χ1n) is 9.49. The number of hydrogen-bond acceptors (Lipinski definition) is 5. The highest BCUT2D eigenvalue weighted by atomic mass is 32.2. The first-order chi connectivity index (χ1) is 14.5. The number of nitrogens with one attached hydrogen (secondary N) is 1. The van der Waals surface area contributed by atoms with Crippen molar-refractivity contribution in [2.75, 3.05) is 31.1 Å². The Balaban J connectivity index is 1.82. The van der Waals surface area contributed by atoms with E-state index in [1.807, 2.05) is 30.3 Å². The van der Waals surface area contributed by atoms with Crippen LogP contribution in [0.2, 0.25) is 0 Å². The number of thioether (sulfide) groups is 1. The number of piperazine rings is 1. The maximum atomic E-state index is 15.8. The van der Waals surface area contributed by atoms with Gasteiger partial charge in [-0.3, -0.25) is 4.79 Å². The number of carboxylic acids is 1. The molecule has 0 saturated carbocycles. The molecule has 0 radical (unpaired) electrons. The van der Waals surface area contributed by atoms with E-state index < -0.39 is 34.0 Å². The summed E-state index contributed by atoms with van der Waals surface area (Å²) in [5.41, 5.74) is -0.711. The van der Waals surface area contributed by atoms with Crippen molar-refractivity contribution in [3.8, 4) is 0 Å². The summed E-state index contributed by atoms with van der Waals surface area (Å²) in [6.07, 6.45) is 0. The number of anilines is 1. The topological polar surface area (TPSA) is 74.6 Å². The van der Waals surface area contributed by atoms with Crippen LogP contribution < -0.4 is 15.6 Å². The number of rotatable bonds is 3. The van der Waals surface area contributed by atoms with Gasteiger partial charge in [0, 0.05) is 26.2 Å². The zero-order valence-corrected chi connectivity index (χ0v) is 16.5. The fourth-order valence-electron chi connectivity index (χ4n) is 4.11. The fourth-order valence-corrected chi connectivity index (χ4v) is 5.38. The SMILES string of the molecule is O=C(O)c1c2n(c3c(F)c(N4CCNCC4)c(F)cc3c1=O)C(c1ccccc1)S2. The zero-order chi connectivity index (χ0) is 21.0. The van der Waals surface area contributed by atoms with E-state index in [9.17, 15) is 19.1 Å². The van der Waals surface area contributed by atoms with Crippen molar-refractivity contribution in [3.63, 3.8) is 0 Å². The predicted octanol–water partition coefficient (Wildman–Crippen LogP) is 3.04. The van der Waals surface area contributed by atoms with E-state index in [0.29, 0.717) is 26.2 Å². The lowest BCUT2D eigenvalue weighted by molar-refractivity contribution is 0.0689. The molecule has 154 valence electrons. The number of carbonyl (C=O) groups is 1. The molecule has 30 heavy (non-hydrogen) atoms. The summed E-state index contributed by atoms with van der Waals surface area (Å²) in [5, 5.41) is 12.3. The maximum absolute atomic E-state index is 15.8. The minimum atomic E-state index is -1.41. The second-order valence-corrected chi connectivity index (χ2v) is 8.29. The zero-order valence-electron chi connectivity index (χ0n) is 15.7. The molecule has 9 heteroatoms. The van der Waals surface area contributed by atoms with Crippen molar-refractivity contribution in [1.29, 1.82) is 0 Å². The highest BCUT2D eigenvalue weighted by molar-refractivity contribution is 8.00. The minimum Gasteiger partial charge on any atom is -0.477 e. The van der Waals surface area contributed by atoms with Gasteiger partial charge in [0.2, 0.25) is 5.43 Å². The molecule has 6 nitrogen and oxygen atoms in total. The van der Waals surface area contributed by atoms with Crippen LogP contribution in [0.5, 0.6) is 0 Å². The third kappa shape index (κ3) is 2.73. The van der Waals surface area contributed by atoms with Gasteiger partial charge in [-0.15, -0.1) is 0 Å². The van der Waals surface area contributed by atoms with E-state index in [0.717, 1.165) is 11.6 Å². The van der Waals surface area contributed by atoms with Crippen LogP contribution in [-0.2, 0) is 0 Å². The average Bonchev–Trinajstić information content (AvgIpc) is 2.72. The standard InChI is InChI=1S/C21H17F2N3O3S/c22-13-10-12-16(15(23)17(13)25-8-6-24-7-9-25)26-19(11-4-2-1-3-5-11)30-20(26)14(18(12)27)21(28)29/h1-5,10,19,24H,6-9H2,(H,28,29). The normalized spacial score (nSPS) is 18.2. The molecule has 0 bridgehead atoms. The number of aromatic nitrogens is 1. The van der Waals surface area contributed by atoms with Crippen LogP contribution in [0.1, 0.15) is 21.3 Å². The summed E-state index contributed by atoms with van der Waals surface area (Å²) in [4.78, 5) is 26.2. The summed E-state index contributed by atoms with van der Waals surface area (Å²) in [7, 11) is 0. The van der Waals surface area contributed by atoms with Crippen molar-refractivity contribution in [1.82, 2.24) is 9.88 Å². The van der Waals surface area contributed by atoms with E-state index in [1.54, 1.807) is 4.90 Å². The van der Waals surface area contributed by atoms with Crippen molar-refractivity contribution in [3.05, 3.63) is 69.4 Å². The summed E-state index contributed by atoms with van der Waals surface area (Å²) in [6, 6.07) is 10.2. The Labute approximate surface area is 174 Å². The molecule has 3 heterocycles. The molecule has 1 atom stereocenters. The van der Waals surface area contributed by atoms with Gasteiger partial charge in [0.1, 0.15) is 22.4 Å². The lowest BCUT2D eigenvalue weighted by Crippen LogP contribution is -2.44. The lowest BCUT2D eigenvalue weighted by Gasteiger charge is -2.36. The van der Waals surface area contributed by atoms with Crippen LogP contribution in [0.4, 0.5) is 14.5 Å². The van der Waals surface area contributed by atoms with Gasteiger partial charge in [0.15, 0.2) is 5.82 Å². The summed E-state index contributed by atoms with van der Waals surface area (Å²) >= 11 is 1.19. The molecule has 5 rings (SSSR count). The van der Waals surface area contributed by atoms with Gasteiger partial charge < -0.3 is 19.9 Å². The van der Waals surface area contributed by atoms with Crippen LogP contribution in [0.15, 0.2) is 46.2 Å². The molecule has 1 unspecified atom stereocenters. The minimum absolute atomic E-state index is 0.0532. The van der Waals surface area contributed by atoms with Crippen LogP contribution >= 0.6 is 11.8 Å². The smallest absolute Gasteiger partial charge is 0.342 e. The molecule has 2 aliphatic heterocycles. The number of hydrogen-bond donors (Lipinski definition) is 2. The van der Waals surface area contributed by atoms with Crippen molar-refractivity contribution >= 4 is 34.3 Å². The van der Waals surface area contributed by atoms with Gasteiger partial charge >= 0.3 is 5.97 Å². The summed E-state index contributed by atoms with van der Waals surface area (Å²) in [5.74, 6) is -3.10. The first-order valence-corrected chi connectivity index (χ1v) is 10.4. The van der Waals surface area contributed by atoms with Gasteiger partial charge in [-0.25, -0.2) is 13.6 Å². The molecular weight excluding hydrogens is 412 g/mol. The largest absolute Gasteiger partial charge is 0.477 e. The van der Waals surface area contributed by atoms with Gasteiger partial charge in [-0.1, -0.05) is 42.1 Å². The Kier molecular flexibility index (Phi) is 4.52. The predicted molar refractivity (Wildman–Crippen MR) is 111 cm³/mol. The van der Waals surface area contributed by atoms with Gasteiger partial charge in [0.25, 0.3) is 0 Å². The first kappa shape index (κ1) is 19.1. The van der Waals surface area contributed by atoms with Crippen molar-refractivity contribution < 1.29 is 18.7 Å². The molecule has 1 fully saturated rings. The van der Waals surface area contributed by atoms with Crippen molar-refractivity contribution in [2.24, 2.45) is 0 Å². The lowest BCUT2D eigenvalue weighted by atomic mass is 10.1. The molecule has 1 saturated heterocycles. The quantitative estimate of drug-likeness (QED) is 0.667. The van der Waals surface area contributed by atoms with Gasteiger partial charge in [-0.2, -0.15) is 0 Å². The van der Waals surface area contributed by atoms with E-state index in [4.69, 9.17) is 0 Å². The Hall–Kier alpha value is -2.91. The number of nitrogens with zero attached hydrogens (tertiary/aromatic N) is 2. The molecular formula is C21H17F2N3O3S. The van der Waals surface area contributed by atoms with Crippen LogP contribution in [0.25, 0.3) is 10.9 Å². The number of carboxylic acid groups (broad SMARTS) is 1. The fraction of sp³-hybridized carbons (Fsp3) is 0.238. The number of aromatic carboxylic acids is 1. The van der Waals surface area contributed by atoms with Gasteiger partial charge in [-0.05, 0) is 11.6 Å². The van der Waals surface area contributed by atoms with E-state index in [-0.39, 0.29) is 21.6 Å². The second-order valence-electron chi connectivity index (χ2n) is 7.22. The molecule has 0 spiro atoms. The van der Waals surface area contributed by atoms with Gasteiger partial charge in [0.05, 0.1) is 15.9 Å². The van der Waals surface area contributed by atoms with Crippen LogP contribution in [-0.4, -0.2) is 41.8 Å².